The van der Waals surface area contributed by atoms with Crippen LogP contribution in [-0.2, 0) is 0 Å². The molecule has 2 atom stereocenters. The summed E-state index contributed by atoms with van der Waals surface area (Å²) in [6.45, 7) is 1.95. The van der Waals surface area contributed by atoms with Crippen LogP contribution in [0.15, 0.2) is 44.7 Å². The smallest absolute Gasteiger partial charge is 0.148 e. The van der Waals surface area contributed by atoms with E-state index in [0.717, 1.165) is 18.9 Å². The molecular formula is C13H13Br2NOS. The third kappa shape index (κ3) is 3.57. The Bertz CT molecular complexity index is 527. The third-order valence-electron chi connectivity index (χ3n) is 2.41. The number of halogens is 2. The van der Waals surface area contributed by atoms with Crippen molar-refractivity contribution in [2.45, 2.75) is 19.1 Å². The van der Waals surface area contributed by atoms with E-state index >= 15 is 0 Å². The SMILES string of the molecule is CC(N)C(Oc1cccc(Br)c1)c1ccc(Br)s1. The van der Waals surface area contributed by atoms with Crippen LogP contribution in [0.5, 0.6) is 5.75 Å². The lowest BCUT2D eigenvalue weighted by Gasteiger charge is -2.21. The van der Waals surface area contributed by atoms with Crippen LogP contribution >= 0.6 is 43.2 Å². The van der Waals surface area contributed by atoms with E-state index in [2.05, 4.69) is 31.9 Å². The highest BCUT2D eigenvalue weighted by Crippen LogP contribution is 2.32. The van der Waals surface area contributed by atoms with Gasteiger partial charge in [0.1, 0.15) is 11.9 Å². The van der Waals surface area contributed by atoms with Crippen LogP contribution in [0.3, 0.4) is 0 Å². The van der Waals surface area contributed by atoms with Crippen molar-refractivity contribution in [1.82, 2.24) is 0 Å². The maximum absolute atomic E-state index is 6.02. The molecule has 2 nitrogen and oxygen atoms in total. The first-order valence-corrected chi connectivity index (χ1v) is 7.89. The zero-order chi connectivity index (χ0) is 13.1. The van der Waals surface area contributed by atoms with Gasteiger partial charge in [0, 0.05) is 15.4 Å². The van der Waals surface area contributed by atoms with Gasteiger partial charge in [-0.1, -0.05) is 22.0 Å². The van der Waals surface area contributed by atoms with E-state index in [1.54, 1.807) is 11.3 Å². The molecule has 0 amide bonds. The van der Waals surface area contributed by atoms with Crippen molar-refractivity contribution < 1.29 is 4.74 Å². The highest BCUT2D eigenvalue weighted by molar-refractivity contribution is 9.11. The largest absolute Gasteiger partial charge is 0.483 e. The monoisotopic (exact) mass is 389 g/mol. The molecule has 0 aliphatic heterocycles. The molecule has 5 heteroatoms. The molecule has 0 spiro atoms. The van der Waals surface area contributed by atoms with E-state index in [0.29, 0.717) is 0 Å². The lowest BCUT2D eigenvalue weighted by atomic mass is 10.1. The molecule has 2 aromatic rings. The van der Waals surface area contributed by atoms with Gasteiger partial charge >= 0.3 is 0 Å². The summed E-state index contributed by atoms with van der Waals surface area (Å²) >= 11 is 8.54. The van der Waals surface area contributed by atoms with Gasteiger partial charge in [-0.15, -0.1) is 11.3 Å². The Morgan fingerprint density at radius 2 is 2.00 bits per heavy atom. The van der Waals surface area contributed by atoms with E-state index in [4.69, 9.17) is 10.5 Å². The summed E-state index contributed by atoms with van der Waals surface area (Å²) in [4.78, 5) is 1.12. The van der Waals surface area contributed by atoms with Gasteiger partial charge in [0.2, 0.25) is 0 Å². The Morgan fingerprint density at radius 3 is 2.56 bits per heavy atom. The molecule has 0 radical (unpaired) electrons. The number of hydrogen-bond donors (Lipinski definition) is 1. The molecule has 0 fully saturated rings. The van der Waals surface area contributed by atoms with E-state index in [1.807, 2.05) is 43.3 Å². The van der Waals surface area contributed by atoms with Gasteiger partial charge in [-0.25, -0.2) is 0 Å². The number of benzene rings is 1. The summed E-state index contributed by atoms with van der Waals surface area (Å²) in [6, 6.07) is 11.8. The molecule has 18 heavy (non-hydrogen) atoms. The molecule has 0 saturated heterocycles. The molecule has 96 valence electrons. The van der Waals surface area contributed by atoms with Gasteiger partial charge in [0.25, 0.3) is 0 Å². The fourth-order valence-electron chi connectivity index (χ4n) is 1.59. The topological polar surface area (TPSA) is 35.2 Å². The Morgan fingerprint density at radius 1 is 1.22 bits per heavy atom. The molecular weight excluding hydrogens is 378 g/mol. The van der Waals surface area contributed by atoms with Gasteiger partial charge in [0.05, 0.1) is 3.79 Å². The van der Waals surface area contributed by atoms with Crippen LogP contribution in [-0.4, -0.2) is 6.04 Å². The Balaban J connectivity index is 2.22. The van der Waals surface area contributed by atoms with Crippen LogP contribution in [0.25, 0.3) is 0 Å². The zero-order valence-corrected chi connectivity index (χ0v) is 13.8. The molecule has 0 aliphatic carbocycles. The van der Waals surface area contributed by atoms with E-state index < -0.39 is 0 Å². The van der Waals surface area contributed by atoms with Crippen LogP contribution < -0.4 is 10.5 Å². The van der Waals surface area contributed by atoms with Gasteiger partial charge in [-0.3, -0.25) is 0 Å². The molecule has 2 rings (SSSR count). The minimum absolute atomic E-state index is 0.0745. The van der Waals surface area contributed by atoms with Crippen molar-refractivity contribution in [2.75, 3.05) is 0 Å². The highest BCUT2D eigenvalue weighted by atomic mass is 79.9. The van der Waals surface area contributed by atoms with Crippen LogP contribution in [0.1, 0.15) is 17.9 Å². The molecule has 1 heterocycles. The second-order valence-electron chi connectivity index (χ2n) is 4.00. The standard InChI is InChI=1S/C13H13Br2NOS/c1-8(16)13(11-5-6-12(15)18-11)17-10-4-2-3-9(14)7-10/h2-8,13H,16H2,1H3. The van der Waals surface area contributed by atoms with E-state index in [1.165, 1.54) is 0 Å². The third-order valence-corrected chi connectivity index (χ3v) is 4.59. The first kappa shape index (κ1) is 14.1. The number of ether oxygens (including phenoxy) is 1. The van der Waals surface area contributed by atoms with Crippen molar-refractivity contribution in [3.8, 4) is 5.75 Å². The van der Waals surface area contributed by atoms with Crippen LogP contribution in [0.2, 0.25) is 0 Å². The van der Waals surface area contributed by atoms with Gasteiger partial charge in [-0.05, 0) is 53.2 Å². The quantitative estimate of drug-likeness (QED) is 0.818. The van der Waals surface area contributed by atoms with Crippen molar-refractivity contribution in [2.24, 2.45) is 5.73 Å². The molecule has 0 aliphatic rings. The lowest BCUT2D eigenvalue weighted by molar-refractivity contribution is 0.184. The Labute approximate surface area is 127 Å². The summed E-state index contributed by atoms with van der Waals surface area (Å²) < 4.78 is 8.07. The molecule has 2 unspecified atom stereocenters. The summed E-state index contributed by atoms with van der Waals surface area (Å²) in [5.74, 6) is 0.816. The molecule has 1 aromatic heterocycles. The summed E-state index contributed by atoms with van der Waals surface area (Å²) in [6.07, 6.45) is -0.129. The summed E-state index contributed by atoms with van der Waals surface area (Å²) in [5.41, 5.74) is 6.02. The lowest BCUT2D eigenvalue weighted by Crippen LogP contribution is -2.28. The van der Waals surface area contributed by atoms with Gasteiger partial charge < -0.3 is 10.5 Å². The normalized spacial score (nSPS) is 14.2. The van der Waals surface area contributed by atoms with Crippen LogP contribution in [0.4, 0.5) is 0 Å². The number of rotatable bonds is 4. The fourth-order valence-corrected chi connectivity index (χ4v) is 3.54. The average molecular weight is 391 g/mol. The fraction of sp³-hybridized carbons (Fsp3) is 0.231. The molecule has 1 aromatic carbocycles. The molecule has 0 bridgehead atoms. The first-order valence-electron chi connectivity index (χ1n) is 5.49. The van der Waals surface area contributed by atoms with Crippen molar-refractivity contribution in [1.29, 1.82) is 0 Å². The molecule has 0 saturated carbocycles. The summed E-state index contributed by atoms with van der Waals surface area (Å²) in [7, 11) is 0. The van der Waals surface area contributed by atoms with Gasteiger partial charge in [0.15, 0.2) is 0 Å². The average Bonchev–Trinajstić information content (AvgIpc) is 2.72. The predicted molar refractivity (Wildman–Crippen MR) is 83.2 cm³/mol. The maximum Gasteiger partial charge on any atom is 0.148 e. The van der Waals surface area contributed by atoms with Crippen molar-refractivity contribution in [3.05, 3.63) is 49.5 Å². The second kappa shape index (κ2) is 6.19. The van der Waals surface area contributed by atoms with Crippen LogP contribution in [0, 0.1) is 0 Å². The minimum Gasteiger partial charge on any atom is -0.483 e. The van der Waals surface area contributed by atoms with E-state index in [9.17, 15) is 0 Å². The number of hydrogen-bond acceptors (Lipinski definition) is 3. The van der Waals surface area contributed by atoms with Gasteiger partial charge in [-0.2, -0.15) is 0 Å². The summed E-state index contributed by atoms with van der Waals surface area (Å²) in [5, 5.41) is 0. The minimum atomic E-state index is -0.129. The highest BCUT2D eigenvalue weighted by Gasteiger charge is 2.20. The number of thiophene rings is 1. The van der Waals surface area contributed by atoms with Crippen molar-refractivity contribution in [3.63, 3.8) is 0 Å². The molecule has 2 N–H and O–H groups in total. The first-order chi connectivity index (χ1) is 8.56. The predicted octanol–water partition coefficient (Wildman–Crippen LogP) is 4.74. The Kier molecular flexibility index (Phi) is 4.84. The zero-order valence-electron chi connectivity index (χ0n) is 9.77. The maximum atomic E-state index is 6.02. The second-order valence-corrected chi connectivity index (χ2v) is 7.41. The van der Waals surface area contributed by atoms with E-state index in [-0.39, 0.29) is 12.1 Å². The Hall–Kier alpha value is -0.360. The van der Waals surface area contributed by atoms with Crippen molar-refractivity contribution >= 4 is 43.2 Å². The number of nitrogens with two attached hydrogens (primary N) is 1.